The second-order valence-corrected chi connectivity index (χ2v) is 4.79. The van der Waals surface area contributed by atoms with Gasteiger partial charge in [0.05, 0.1) is 24.3 Å². The molecule has 114 valence electrons. The number of carbonyl (C=O) groups is 1. The Morgan fingerprint density at radius 1 is 1.55 bits per heavy atom. The minimum Gasteiger partial charge on any atom is -0.465 e. The third-order valence-electron chi connectivity index (χ3n) is 3.28. The predicted molar refractivity (Wildman–Crippen MR) is 75.6 cm³/mol. The summed E-state index contributed by atoms with van der Waals surface area (Å²) in [6.45, 7) is 0.137. The molecule has 3 rings (SSSR count). The van der Waals surface area contributed by atoms with E-state index in [1.54, 1.807) is 29.1 Å². The number of oxime groups is 1. The molecule has 0 radical (unpaired) electrons. The molecule has 22 heavy (non-hydrogen) atoms. The minimum absolute atomic E-state index is 0.137. The Balaban J connectivity index is 1.71. The van der Waals surface area contributed by atoms with Crippen LogP contribution in [0, 0.1) is 5.82 Å². The van der Waals surface area contributed by atoms with Crippen molar-refractivity contribution in [1.29, 1.82) is 0 Å². The summed E-state index contributed by atoms with van der Waals surface area (Å²) < 4.78 is 15.8. The van der Waals surface area contributed by atoms with Crippen molar-refractivity contribution in [1.82, 2.24) is 14.9 Å². The van der Waals surface area contributed by atoms with Gasteiger partial charge in [0.1, 0.15) is 5.82 Å². The van der Waals surface area contributed by atoms with E-state index in [1.807, 2.05) is 0 Å². The van der Waals surface area contributed by atoms with Gasteiger partial charge in [0.25, 0.3) is 0 Å². The molecule has 0 bridgehead atoms. The molecule has 1 aliphatic rings. The molecule has 7 nitrogen and oxygen atoms in total. The van der Waals surface area contributed by atoms with Gasteiger partial charge in [-0.2, -0.15) is 0 Å². The van der Waals surface area contributed by atoms with Crippen LogP contribution in [0.2, 0.25) is 0 Å². The minimum atomic E-state index is -1.12. The van der Waals surface area contributed by atoms with Crippen LogP contribution in [-0.4, -0.2) is 39.1 Å². The average molecular weight is 304 g/mol. The number of carboxylic acid groups (broad SMARTS) is 1. The summed E-state index contributed by atoms with van der Waals surface area (Å²) >= 11 is 0. The van der Waals surface area contributed by atoms with E-state index in [1.165, 1.54) is 12.4 Å². The first-order valence-corrected chi connectivity index (χ1v) is 6.61. The zero-order chi connectivity index (χ0) is 15.5. The molecule has 0 saturated heterocycles. The number of aromatic nitrogens is 2. The van der Waals surface area contributed by atoms with Crippen LogP contribution < -0.4 is 5.32 Å². The topological polar surface area (TPSA) is 88.7 Å². The normalized spacial score (nSPS) is 17.0. The lowest BCUT2D eigenvalue weighted by molar-refractivity contribution is 0.0841. The van der Waals surface area contributed by atoms with E-state index in [9.17, 15) is 9.18 Å². The molecule has 8 heteroatoms. The molecular weight excluding hydrogens is 291 g/mol. The summed E-state index contributed by atoms with van der Waals surface area (Å²) in [7, 11) is 0. The van der Waals surface area contributed by atoms with Crippen molar-refractivity contribution in [3.8, 4) is 5.69 Å². The lowest BCUT2D eigenvalue weighted by atomic mass is 10.0. The standard InChI is InChI=1S/C14H13FN4O3/c15-11-5-9(1-2-13(11)19-4-3-16-8-19)12-6-10(22-18-12)7-17-14(20)21/h1-5,8,10,17H,6-7H2,(H,20,21)/t10-/m1/s1. The molecule has 2 aromatic rings. The van der Waals surface area contributed by atoms with Crippen LogP contribution in [-0.2, 0) is 4.84 Å². The number of halogens is 1. The maximum atomic E-state index is 14.2. The summed E-state index contributed by atoms with van der Waals surface area (Å²) in [5, 5.41) is 14.7. The van der Waals surface area contributed by atoms with Crippen molar-refractivity contribution in [2.24, 2.45) is 5.16 Å². The summed E-state index contributed by atoms with van der Waals surface area (Å²) in [6, 6.07) is 4.76. The number of hydrogen-bond acceptors (Lipinski definition) is 4. The second kappa shape index (κ2) is 5.84. The van der Waals surface area contributed by atoms with Crippen molar-refractivity contribution in [3.05, 3.63) is 48.3 Å². The number of benzene rings is 1. The van der Waals surface area contributed by atoms with Crippen molar-refractivity contribution in [3.63, 3.8) is 0 Å². The molecular formula is C14H13FN4O3. The molecule has 0 saturated carbocycles. The van der Waals surface area contributed by atoms with Gasteiger partial charge in [-0.25, -0.2) is 14.2 Å². The van der Waals surface area contributed by atoms with Crippen molar-refractivity contribution in [2.45, 2.75) is 12.5 Å². The average Bonchev–Trinajstić information content (AvgIpc) is 3.16. The highest BCUT2D eigenvalue weighted by atomic mass is 19.1. The van der Waals surface area contributed by atoms with E-state index in [2.05, 4.69) is 15.5 Å². The van der Waals surface area contributed by atoms with Gasteiger partial charge in [-0.15, -0.1) is 0 Å². The molecule has 0 fully saturated rings. The zero-order valence-electron chi connectivity index (χ0n) is 11.4. The van der Waals surface area contributed by atoms with Crippen LogP contribution in [0.3, 0.4) is 0 Å². The fourth-order valence-electron chi connectivity index (χ4n) is 2.21. The lowest BCUT2D eigenvalue weighted by Gasteiger charge is -2.08. The maximum Gasteiger partial charge on any atom is 0.404 e. The Morgan fingerprint density at radius 2 is 2.41 bits per heavy atom. The van der Waals surface area contributed by atoms with Gasteiger partial charge in [0.15, 0.2) is 6.10 Å². The SMILES string of the molecule is O=C(O)NC[C@H]1CC(c2ccc(-n3ccnc3)c(F)c2)=NO1. The second-order valence-electron chi connectivity index (χ2n) is 4.79. The van der Waals surface area contributed by atoms with Gasteiger partial charge in [-0.3, -0.25) is 0 Å². The van der Waals surface area contributed by atoms with Crippen molar-refractivity contribution in [2.75, 3.05) is 6.54 Å². The van der Waals surface area contributed by atoms with Crippen LogP contribution in [0.4, 0.5) is 9.18 Å². The Labute approximate surface area is 125 Å². The van der Waals surface area contributed by atoms with E-state index in [0.29, 0.717) is 23.4 Å². The fourth-order valence-corrected chi connectivity index (χ4v) is 2.21. The molecule has 1 aromatic carbocycles. The molecule has 1 atom stereocenters. The van der Waals surface area contributed by atoms with Crippen LogP contribution in [0.5, 0.6) is 0 Å². The van der Waals surface area contributed by atoms with Crippen LogP contribution in [0.15, 0.2) is 42.1 Å². The summed E-state index contributed by atoms with van der Waals surface area (Å²) in [5.74, 6) is -0.398. The van der Waals surface area contributed by atoms with E-state index < -0.39 is 11.9 Å². The monoisotopic (exact) mass is 304 g/mol. The number of imidazole rings is 1. The van der Waals surface area contributed by atoms with Crippen LogP contribution >= 0.6 is 0 Å². The Morgan fingerprint density at radius 3 is 3.09 bits per heavy atom. The smallest absolute Gasteiger partial charge is 0.404 e. The van der Waals surface area contributed by atoms with Gasteiger partial charge in [-0.1, -0.05) is 11.2 Å². The van der Waals surface area contributed by atoms with Crippen molar-refractivity contribution >= 4 is 11.8 Å². The molecule has 0 aliphatic carbocycles. The molecule has 2 heterocycles. The first-order valence-electron chi connectivity index (χ1n) is 6.61. The number of rotatable bonds is 4. The first kappa shape index (κ1) is 14.1. The van der Waals surface area contributed by atoms with Crippen LogP contribution in [0.1, 0.15) is 12.0 Å². The fraction of sp³-hybridized carbons (Fsp3) is 0.214. The Kier molecular flexibility index (Phi) is 3.73. The summed E-state index contributed by atoms with van der Waals surface area (Å²) in [4.78, 5) is 19.5. The number of nitrogens with zero attached hydrogens (tertiary/aromatic N) is 3. The number of amides is 1. The Hall–Kier alpha value is -2.90. The highest BCUT2D eigenvalue weighted by Crippen LogP contribution is 2.20. The lowest BCUT2D eigenvalue weighted by Crippen LogP contribution is -2.30. The quantitative estimate of drug-likeness (QED) is 0.901. The zero-order valence-corrected chi connectivity index (χ0v) is 11.4. The first-order chi connectivity index (χ1) is 10.6. The molecule has 2 N–H and O–H groups in total. The maximum absolute atomic E-state index is 14.2. The van der Waals surface area contributed by atoms with E-state index in [0.717, 1.165) is 0 Å². The largest absolute Gasteiger partial charge is 0.465 e. The van der Waals surface area contributed by atoms with Crippen LogP contribution in [0.25, 0.3) is 5.69 Å². The van der Waals surface area contributed by atoms with Gasteiger partial charge in [-0.05, 0) is 12.1 Å². The molecule has 0 spiro atoms. The third kappa shape index (κ3) is 2.90. The molecule has 1 aliphatic heterocycles. The number of hydrogen-bond donors (Lipinski definition) is 2. The van der Waals surface area contributed by atoms with E-state index >= 15 is 0 Å². The van der Waals surface area contributed by atoms with E-state index in [4.69, 9.17) is 9.94 Å². The molecule has 1 aromatic heterocycles. The highest BCUT2D eigenvalue weighted by Gasteiger charge is 2.23. The van der Waals surface area contributed by atoms with Gasteiger partial charge < -0.3 is 19.8 Å². The highest BCUT2D eigenvalue weighted by molar-refractivity contribution is 6.01. The number of nitrogens with one attached hydrogen (secondary N) is 1. The van der Waals surface area contributed by atoms with Gasteiger partial charge in [0.2, 0.25) is 0 Å². The van der Waals surface area contributed by atoms with E-state index in [-0.39, 0.29) is 12.6 Å². The molecule has 1 amide bonds. The Bertz CT molecular complexity index is 715. The third-order valence-corrected chi connectivity index (χ3v) is 3.28. The van der Waals surface area contributed by atoms with Crippen molar-refractivity contribution < 1.29 is 19.1 Å². The summed E-state index contributed by atoms with van der Waals surface area (Å²) in [6.07, 6.45) is 3.67. The van der Waals surface area contributed by atoms with Gasteiger partial charge >= 0.3 is 6.09 Å². The summed E-state index contributed by atoms with van der Waals surface area (Å²) in [5.41, 5.74) is 1.59. The van der Waals surface area contributed by atoms with Gasteiger partial charge in [0, 0.05) is 24.4 Å². The molecule has 0 unspecified atom stereocenters. The predicted octanol–water partition coefficient (Wildman–Crippen LogP) is 1.77.